The number of hydrogen-bond acceptors (Lipinski definition) is 3. The first kappa shape index (κ1) is 11.8. The molecule has 2 rings (SSSR count). The van der Waals surface area contributed by atoms with Crippen LogP contribution in [-0.2, 0) is 0 Å². The predicted octanol–water partition coefficient (Wildman–Crippen LogP) is 3.36. The van der Waals surface area contributed by atoms with Crippen molar-refractivity contribution in [1.29, 1.82) is 0 Å². The van der Waals surface area contributed by atoms with Gasteiger partial charge in [0.1, 0.15) is 5.75 Å². The van der Waals surface area contributed by atoms with E-state index in [0.29, 0.717) is 5.92 Å². The predicted molar refractivity (Wildman–Crippen MR) is 69.1 cm³/mol. The van der Waals surface area contributed by atoms with E-state index in [-0.39, 0.29) is 4.93 Å². The first-order valence-electron chi connectivity index (χ1n) is 5.74. The average Bonchev–Trinajstić information content (AvgIpc) is 2.50. The molecule has 0 spiro atoms. The van der Waals surface area contributed by atoms with Gasteiger partial charge in [-0.25, -0.2) is 0 Å². The zero-order valence-corrected chi connectivity index (χ0v) is 10.9. The zero-order chi connectivity index (χ0) is 11.8. The van der Waals surface area contributed by atoms with Gasteiger partial charge in [0.2, 0.25) is 0 Å². The van der Waals surface area contributed by atoms with Crippen LogP contribution >= 0.6 is 11.8 Å². The molecule has 1 atom stereocenters. The second-order valence-corrected chi connectivity index (χ2v) is 6.42. The second-order valence-electron chi connectivity index (χ2n) is 4.79. The number of fused-ring (bicyclic) bond motifs is 1. The van der Waals surface area contributed by atoms with E-state index < -0.39 is 0 Å². The van der Waals surface area contributed by atoms with Crippen molar-refractivity contribution in [1.82, 2.24) is 0 Å². The van der Waals surface area contributed by atoms with Gasteiger partial charge in [-0.15, -0.1) is 0 Å². The highest BCUT2D eigenvalue weighted by Crippen LogP contribution is 2.47. The molecule has 88 valence electrons. The van der Waals surface area contributed by atoms with Gasteiger partial charge in [-0.05, 0) is 50.4 Å². The summed E-state index contributed by atoms with van der Waals surface area (Å²) in [4.78, 5) is 1.12. The number of thioether (sulfide) groups is 1. The van der Waals surface area contributed by atoms with Gasteiger partial charge in [-0.1, -0.05) is 24.8 Å². The first-order valence-corrected chi connectivity index (χ1v) is 6.55. The van der Waals surface area contributed by atoms with Crippen LogP contribution in [0, 0.1) is 0 Å². The third-order valence-corrected chi connectivity index (χ3v) is 3.98. The third-order valence-electron chi connectivity index (χ3n) is 2.85. The smallest absolute Gasteiger partial charge is 0.153 e. The van der Waals surface area contributed by atoms with Crippen LogP contribution in [0.3, 0.4) is 0 Å². The normalized spacial score (nSPS) is 19.0. The maximum absolute atomic E-state index is 5.89. The van der Waals surface area contributed by atoms with Crippen molar-refractivity contribution in [2.24, 2.45) is 5.73 Å². The van der Waals surface area contributed by atoms with Gasteiger partial charge < -0.3 is 10.5 Å². The summed E-state index contributed by atoms with van der Waals surface area (Å²) < 4.78 is 5.89. The van der Waals surface area contributed by atoms with Gasteiger partial charge in [0, 0.05) is 0 Å². The van der Waals surface area contributed by atoms with Gasteiger partial charge in [0.25, 0.3) is 0 Å². The summed E-state index contributed by atoms with van der Waals surface area (Å²) in [6.07, 6.45) is 1.02. The highest BCUT2D eigenvalue weighted by Gasteiger charge is 2.31. The largest absolute Gasteiger partial charge is 0.476 e. The number of ether oxygens (including phenoxy) is 1. The molecule has 0 aliphatic carbocycles. The Morgan fingerprint density at radius 1 is 1.44 bits per heavy atom. The molecule has 0 saturated heterocycles. The Balaban J connectivity index is 2.22. The molecular formula is C13H19NOS. The van der Waals surface area contributed by atoms with Crippen molar-refractivity contribution in [3.05, 3.63) is 23.8 Å². The Kier molecular flexibility index (Phi) is 3.17. The Labute approximate surface area is 102 Å². The second kappa shape index (κ2) is 4.30. The lowest BCUT2D eigenvalue weighted by Gasteiger charge is -2.16. The number of rotatable bonds is 3. The van der Waals surface area contributed by atoms with E-state index in [1.807, 2.05) is 0 Å². The summed E-state index contributed by atoms with van der Waals surface area (Å²) >= 11 is 1.78. The molecule has 1 aromatic carbocycles. The highest BCUT2D eigenvalue weighted by molar-refractivity contribution is 8.00. The third kappa shape index (κ3) is 2.36. The molecule has 1 aliphatic heterocycles. The molecule has 0 radical (unpaired) electrons. The van der Waals surface area contributed by atoms with E-state index >= 15 is 0 Å². The minimum atomic E-state index is -0.127. The quantitative estimate of drug-likeness (QED) is 0.875. The van der Waals surface area contributed by atoms with Crippen LogP contribution in [0.5, 0.6) is 5.75 Å². The van der Waals surface area contributed by atoms with Crippen molar-refractivity contribution in [3.8, 4) is 5.75 Å². The summed E-state index contributed by atoms with van der Waals surface area (Å²) in [5.41, 5.74) is 6.91. The lowest BCUT2D eigenvalue weighted by molar-refractivity contribution is 0.214. The molecule has 1 aliphatic rings. The van der Waals surface area contributed by atoms with E-state index in [4.69, 9.17) is 10.5 Å². The van der Waals surface area contributed by atoms with Crippen molar-refractivity contribution in [2.75, 3.05) is 6.54 Å². The van der Waals surface area contributed by atoms with Gasteiger partial charge in [-0.2, -0.15) is 0 Å². The molecule has 3 heteroatoms. The van der Waals surface area contributed by atoms with Crippen LogP contribution in [0.1, 0.15) is 38.7 Å². The lowest BCUT2D eigenvalue weighted by Crippen LogP contribution is -2.18. The molecule has 16 heavy (non-hydrogen) atoms. The van der Waals surface area contributed by atoms with E-state index in [9.17, 15) is 0 Å². The van der Waals surface area contributed by atoms with Gasteiger partial charge >= 0.3 is 0 Å². The molecule has 0 saturated carbocycles. The minimum Gasteiger partial charge on any atom is -0.476 e. The van der Waals surface area contributed by atoms with Crippen LogP contribution in [-0.4, -0.2) is 11.5 Å². The number of hydrogen-bond donors (Lipinski definition) is 1. The molecule has 0 aromatic heterocycles. The zero-order valence-electron chi connectivity index (χ0n) is 10.1. The lowest BCUT2D eigenvalue weighted by atomic mass is 9.98. The SMILES string of the molecule is CC(CCN)c1ccc2c(c1)OC(C)(C)S2. The van der Waals surface area contributed by atoms with Crippen molar-refractivity contribution in [2.45, 2.75) is 42.9 Å². The van der Waals surface area contributed by atoms with E-state index in [1.54, 1.807) is 11.8 Å². The fraction of sp³-hybridized carbons (Fsp3) is 0.538. The Bertz CT molecular complexity index is 390. The monoisotopic (exact) mass is 237 g/mol. The maximum atomic E-state index is 5.89. The van der Waals surface area contributed by atoms with E-state index in [2.05, 4.69) is 39.0 Å². The van der Waals surface area contributed by atoms with Gasteiger partial charge in [-0.3, -0.25) is 0 Å². The number of nitrogens with two attached hydrogens (primary N) is 1. The van der Waals surface area contributed by atoms with Crippen molar-refractivity contribution >= 4 is 11.8 Å². The molecule has 1 unspecified atom stereocenters. The maximum Gasteiger partial charge on any atom is 0.153 e. The summed E-state index contributed by atoms with van der Waals surface area (Å²) in [5.74, 6) is 1.53. The van der Waals surface area contributed by atoms with E-state index in [0.717, 1.165) is 18.7 Å². The van der Waals surface area contributed by atoms with Crippen LogP contribution in [0.2, 0.25) is 0 Å². The Morgan fingerprint density at radius 2 is 2.19 bits per heavy atom. The molecule has 2 N–H and O–H groups in total. The minimum absolute atomic E-state index is 0.127. The average molecular weight is 237 g/mol. The molecule has 0 fully saturated rings. The molecular weight excluding hydrogens is 218 g/mol. The molecule has 0 amide bonds. The fourth-order valence-corrected chi connectivity index (χ4v) is 2.96. The fourth-order valence-electron chi connectivity index (χ4n) is 1.96. The standard InChI is InChI=1S/C13H19NOS/c1-9(6-7-14)10-4-5-12-11(8-10)15-13(2,3)16-12/h4-5,8-9H,6-7,14H2,1-3H3. The molecule has 1 aromatic rings. The van der Waals surface area contributed by atoms with E-state index in [1.165, 1.54) is 10.5 Å². The summed E-state index contributed by atoms with van der Waals surface area (Å²) in [7, 11) is 0. The summed E-state index contributed by atoms with van der Waals surface area (Å²) in [6, 6.07) is 6.52. The van der Waals surface area contributed by atoms with Crippen LogP contribution in [0.25, 0.3) is 0 Å². The van der Waals surface area contributed by atoms with Crippen LogP contribution in [0.4, 0.5) is 0 Å². The van der Waals surface area contributed by atoms with Gasteiger partial charge in [0.15, 0.2) is 4.93 Å². The van der Waals surface area contributed by atoms with Crippen LogP contribution < -0.4 is 10.5 Å². The summed E-state index contributed by atoms with van der Waals surface area (Å²) in [6.45, 7) is 7.14. The van der Waals surface area contributed by atoms with Crippen molar-refractivity contribution < 1.29 is 4.74 Å². The number of benzene rings is 1. The summed E-state index contributed by atoms with van der Waals surface area (Å²) in [5, 5.41) is 0. The Hall–Kier alpha value is -0.670. The van der Waals surface area contributed by atoms with Crippen LogP contribution in [0.15, 0.2) is 23.1 Å². The topological polar surface area (TPSA) is 35.2 Å². The van der Waals surface area contributed by atoms with Crippen molar-refractivity contribution in [3.63, 3.8) is 0 Å². The van der Waals surface area contributed by atoms with Gasteiger partial charge in [0.05, 0.1) is 4.90 Å². The molecule has 0 bridgehead atoms. The highest BCUT2D eigenvalue weighted by atomic mass is 32.2. The Morgan fingerprint density at radius 3 is 2.88 bits per heavy atom. The molecule has 1 heterocycles. The first-order chi connectivity index (χ1) is 7.52. The molecule has 2 nitrogen and oxygen atoms in total.